The van der Waals surface area contributed by atoms with Gasteiger partial charge in [-0.25, -0.2) is 4.98 Å². The first-order chi connectivity index (χ1) is 9.58. The van der Waals surface area contributed by atoms with E-state index in [2.05, 4.69) is 26.1 Å². The van der Waals surface area contributed by atoms with Crippen molar-refractivity contribution in [2.45, 2.75) is 71.8 Å². The molecule has 1 aliphatic heterocycles. The summed E-state index contributed by atoms with van der Waals surface area (Å²) in [6, 6.07) is 0.686. The molecule has 2 heterocycles. The summed E-state index contributed by atoms with van der Waals surface area (Å²) in [6.45, 7) is 8.40. The highest BCUT2D eigenvalue weighted by Gasteiger charge is 2.32. The molecule has 2 atom stereocenters. The first kappa shape index (κ1) is 14.5. The Kier molecular flexibility index (Phi) is 4.19. The van der Waals surface area contributed by atoms with Gasteiger partial charge in [0, 0.05) is 17.3 Å². The van der Waals surface area contributed by atoms with Crippen molar-refractivity contribution in [2.24, 2.45) is 11.3 Å². The van der Waals surface area contributed by atoms with Crippen LogP contribution in [0.3, 0.4) is 0 Å². The Morgan fingerprint density at radius 1 is 1.35 bits per heavy atom. The van der Waals surface area contributed by atoms with Gasteiger partial charge in [-0.05, 0) is 50.0 Å². The van der Waals surface area contributed by atoms with Crippen LogP contribution in [0.15, 0.2) is 0 Å². The lowest BCUT2D eigenvalue weighted by Gasteiger charge is -2.35. The van der Waals surface area contributed by atoms with Gasteiger partial charge in [-0.3, -0.25) is 0 Å². The molecule has 0 radical (unpaired) electrons. The van der Waals surface area contributed by atoms with Gasteiger partial charge in [0.2, 0.25) is 0 Å². The third-order valence-corrected chi connectivity index (χ3v) is 6.73. The second-order valence-electron chi connectivity index (χ2n) is 7.26. The summed E-state index contributed by atoms with van der Waals surface area (Å²) in [5.41, 5.74) is 1.90. The van der Waals surface area contributed by atoms with Gasteiger partial charge in [0.1, 0.15) is 0 Å². The van der Waals surface area contributed by atoms with Crippen molar-refractivity contribution >= 4 is 11.3 Å². The minimum Gasteiger partial charge on any atom is -0.314 e. The van der Waals surface area contributed by atoms with Gasteiger partial charge in [-0.15, -0.1) is 11.3 Å². The molecule has 2 aliphatic rings. The molecule has 1 aromatic heterocycles. The monoisotopic (exact) mass is 292 g/mol. The number of aryl methyl sites for hydroxylation is 1. The van der Waals surface area contributed by atoms with Crippen molar-refractivity contribution in [3.05, 3.63) is 15.6 Å². The predicted molar refractivity (Wildman–Crippen MR) is 86.4 cm³/mol. The van der Waals surface area contributed by atoms with Crippen LogP contribution in [0.1, 0.15) is 62.0 Å². The number of hydrogen-bond donors (Lipinski definition) is 1. The van der Waals surface area contributed by atoms with E-state index in [1.807, 2.05) is 11.3 Å². The third kappa shape index (κ3) is 2.94. The van der Waals surface area contributed by atoms with E-state index in [-0.39, 0.29) is 0 Å². The van der Waals surface area contributed by atoms with Crippen LogP contribution in [-0.2, 0) is 19.3 Å². The summed E-state index contributed by atoms with van der Waals surface area (Å²) >= 11 is 2.00. The van der Waals surface area contributed by atoms with E-state index < -0.39 is 0 Å². The fraction of sp³-hybridized carbons (Fsp3) is 0.824. The van der Waals surface area contributed by atoms with E-state index in [1.54, 1.807) is 4.88 Å². The van der Waals surface area contributed by atoms with Gasteiger partial charge in [-0.1, -0.05) is 27.2 Å². The van der Waals surface area contributed by atoms with Crippen molar-refractivity contribution in [1.29, 1.82) is 0 Å². The molecule has 20 heavy (non-hydrogen) atoms. The predicted octanol–water partition coefficient (Wildman–Crippen LogP) is 3.98. The van der Waals surface area contributed by atoms with Crippen LogP contribution in [0.2, 0.25) is 0 Å². The highest BCUT2D eigenvalue weighted by atomic mass is 32.1. The zero-order valence-electron chi connectivity index (χ0n) is 13.2. The van der Waals surface area contributed by atoms with Crippen LogP contribution in [0, 0.1) is 11.3 Å². The SMILES string of the molecule is CCC(C)(C)C1CCc2nc(CC3CCCN3)sc2C1. The Bertz CT molecular complexity index is 458. The first-order valence-corrected chi connectivity index (χ1v) is 9.11. The molecule has 0 aromatic carbocycles. The number of thiazole rings is 1. The van der Waals surface area contributed by atoms with Gasteiger partial charge in [0.15, 0.2) is 0 Å². The number of fused-ring (bicyclic) bond motifs is 1. The molecule has 112 valence electrons. The quantitative estimate of drug-likeness (QED) is 0.908. The van der Waals surface area contributed by atoms with Crippen LogP contribution in [0.25, 0.3) is 0 Å². The normalized spacial score (nSPS) is 26.8. The smallest absolute Gasteiger partial charge is 0.0946 e. The summed E-state index contributed by atoms with van der Waals surface area (Å²) < 4.78 is 0. The van der Waals surface area contributed by atoms with Crippen molar-refractivity contribution in [3.63, 3.8) is 0 Å². The molecule has 1 fully saturated rings. The number of aromatic nitrogens is 1. The zero-order chi connectivity index (χ0) is 14.2. The van der Waals surface area contributed by atoms with Gasteiger partial charge in [-0.2, -0.15) is 0 Å². The average molecular weight is 292 g/mol. The maximum Gasteiger partial charge on any atom is 0.0946 e. The van der Waals surface area contributed by atoms with Gasteiger partial charge in [0.25, 0.3) is 0 Å². The summed E-state index contributed by atoms with van der Waals surface area (Å²) in [5.74, 6) is 0.845. The van der Waals surface area contributed by atoms with Crippen molar-refractivity contribution in [1.82, 2.24) is 10.3 Å². The highest BCUT2D eigenvalue weighted by molar-refractivity contribution is 7.11. The molecule has 0 saturated carbocycles. The molecule has 0 bridgehead atoms. The molecule has 2 nitrogen and oxygen atoms in total. The van der Waals surface area contributed by atoms with Crippen molar-refractivity contribution in [3.8, 4) is 0 Å². The first-order valence-electron chi connectivity index (χ1n) is 8.29. The number of nitrogens with one attached hydrogen (secondary N) is 1. The van der Waals surface area contributed by atoms with E-state index in [0.29, 0.717) is 11.5 Å². The van der Waals surface area contributed by atoms with Gasteiger partial charge < -0.3 is 5.32 Å². The third-order valence-electron chi connectivity index (χ3n) is 5.58. The fourth-order valence-corrected chi connectivity index (χ4v) is 4.89. The Morgan fingerprint density at radius 2 is 2.20 bits per heavy atom. The molecule has 1 aromatic rings. The summed E-state index contributed by atoms with van der Waals surface area (Å²) in [4.78, 5) is 6.53. The topological polar surface area (TPSA) is 24.9 Å². The minimum absolute atomic E-state index is 0.481. The van der Waals surface area contributed by atoms with E-state index in [4.69, 9.17) is 4.98 Å². The molecule has 3 heteroatoms. The lowest BCUT2D eigenvalue weighted by atomic mass is 9.70. The fourth-order valence-electron chi connectivity index (χ4n) is 3.61. The molecule has 1 N–H and O–H groups in total. The summed E-state index contributed by atoms with van der Waals surface area (Å²) in [6.07, 6.45) is 8.91. The van der Waals surface area contributed by atoms with Crippen molar-refractivity contribution < 1.29 is 0 Å². The Morgan fingerprint density at radius 3 is 2.90 bits per heavy atom. The standard InChI is InChI=1S/C17H28N2S/c1-4-17(2,3)12-7-8-14-15(10-12)20-16(19-14)11-13-6-5-9-18-13/h12-13,18H,4-11H2,1-3H3. The molecule has 1 aliphatic carbocycles. The van der Waals surface area contributed by atoms with Crippen LogP contribution in [-0.4, -0.2) is 17.6 Å². The zero-order valence-corrected chi connectivity index (χ0v) is 14.0. The van der Waals surface area contributed by atoms with Crippen LogP contribution < -0.4 is 5.32 Å². The maximum absolute atomic E-state index is 4.94. The number of nitrogens with zero attached hydrogens (tertiary/aromatic N) is 1. The van der Waals surface area contributed by atoms with Crippen LogP contribution in [0.4, 0.5) is 0 Å². The molecular weight excluding hydrogens is 264 g/mol. The van der Waals surface area contributed by atoms with E-state index in [9.17, 15) is 0 Å². The second kappa shape index (κ2) is 5.76. The minimum atomic E-state index is 0.481. The van der Waals surface area contributed by atoms with Gasteiger partial charge in [0.05, 0.1) is 10.7 Å². The average Bonchev–Trinajstić information content (AvgIpc) is 3.06. The van der Waals surface area contributed by atoms with E-state index in [0.717, 1.165) is 12.3 Å². The van der Waals surface area contributed by atoms with Gasteiger partial charge >= 0.3 is 0 Å². The Hall–Kier alpha value is -0.410. The molecule has 0 spiro atoms. The van der Waals surface area contributed by atoms with Crippen LogP contribution in [0.5, 0.6) is 0 Å². The second-order valence-corrected chi connectivity index (χ2v) is 8.42. The summed E-state index contributed by atoms with van der Waals surface area (Å²) in [5, 5.41) is 4.97. The van der Waals surface area contributed by atoms with Crippen molar-refractivity contribution in [2.75, 3.05) is 6.54 Å². The van der Waals surface area contributed by atoms with E-state index >= 15 is 0 Å². The largest absolute Gasteiger partial charge is 0.314 e. The van der Waals surface area contributed by atoms with Crippen LogP contribution >= 0.6 is 11.3 Å². The molecule has 2 unspecified atom stereocenters. The molecule has 0 amide bonds. The number of hydrogen-bond acceptors (Lipinski definition) is 3. The van der Waals surface area contributed by atoms with E-state index in [1.165, 1.54) is 55.8 Å². The Labute approximate surface area is 127 Å². The number of rotatable bonds is 4. The molecule has 3 rings (SSSR count). The maximum atomic E-state index is 4.94. The molecular formula is C17H28N2S. The Balaban J connectivity index is 1.69. The highest BCUT2D eigenvalue weighted by Crippen LogP contribution is 2.41. The lowest BCUT2D eigenvalue weighted by Crippen LogP contribution is -2.28. The summed E-state index contributed by atoms with van der Waals surface area (Å²) in [7, 11) is 0. The molecule has 1 saturated heterocycles. The lowest BCUT2D eigenvalue weighted by molar-refractivity contribution is 0.183.